The SMILES string of the molecule is O[SiH2]O[SiH2]O[SiH3]. The molecular formula is H8O3Si3. The van der Waals surface area contributed by atoms with Gasteiger partial charge in [-0.2, -0.15) is 0 Å². The van der Waals surface area contributed by atoms with E-state index in [9.17, 15) is 0 Å². The Balaban J connectivity index is 2.34. The lowest BCUT2D eigenvalue weighted by Crippen LogP contribution is -2.05. The predicted octanol–water partition coefficient (Wildman–Crippen LogP) is -3.71. The third-order valence-corrected chi connectivity index (χ3v) is 2.63. The van der Waals surface area contributed by atoms with Gasteiger partial charge in [-0.05, 0) is 0 Å². The average molecular weight is 140 g/mol. The van der Waals surface area contributed by atoms with Crippen molar-refractivity contribution in [2.24, 2.45) is 0 Å². The van der Waals surface area contributed by atoms with Crippen LogP contribution < -0.4 is 0 Å². The minimum atomic E-state index is -1.14. The normalized spacial score (nSPS) is 13.5. The summed E-state index contributed by atoms with van der Waals surface area (Å²) in [5, 5.41) is 0. The molecule has 0 unspecified atom stereocenters. The van der Waals surface area contributed by atoms with E-state index in [0.717, 1.165) is 10.5 Å². The largest absolute Gasteiger partial charge is 0.449 e. The average Bonchev–Trinajstić information content (AvgIpc) is 1.61. The first-order valence-electron chi connectivity index (χ1n) is 1.59. The van der Waals surface area contributed by atoms with Gasteiger partial charge in [0.25, 0.3) is 20.0 Å². The van der Waals surface area contributed by atoms with Crippen molar-refractivity contribution < 1.29 is 13.0 Å². The Kier molecular flexibility index (Phi) is 6.02. The Bertz CT molecular complexity index is 18.0. The number of rotatable bonds is 3. The monoisotopic (exact) mass is 140 g/mol. The molecule has 3 nitrogen and oxygen atoms in total. The van der Waals surface area contributed by atoms with Crippen LogP contribution in [-0.2, 0) is 8.23 Å². The first kappa shape index (κ1) is 6.53. The van der Waals surface area contributed by atoms with E-state index in [2.05, 4.69) is 4.12 Å². The Morgan fingerprint density at radius 3 is 2.50 bits per heavy atom. The molecule has 0 aromatic heterocycles. The summed E-state index contributed by atoms with van der Waals surface area (Å²) >= 11 is 0. The van der Waals surface area contributed by atoms with E-state index >= 15 is 0 Å². The second-order valence-electron chi connectivity index (χ2n) is 0.740. The zero-order valence-electron chi connectivity index (χ0n) is 3.68. The molecule has 0 aliphatic heterocycles. The van der Waals surface area contributed by atoms with Crippen LogP contribution in [0.5, 0.6) is 0 Å². The number of hydrogen-bond acceptors (Lipinski definition) is 3. The molecule has 0 bridgehead atoms. The van der Waals surface area contributed by atoms with Crippen molar-refractivity contribution in [3.05, 3.63) is 0 Å². The Hall–Kier alpha value is 0.531. The fourth-order valence-electron chi connectivity index (χ4n) is 0.121. The minimum absolute atomic E-state index is 0.705. The Morgan fingerprint density at radius 1 is 1.67 bits per heavy atom. The molecule has 0 radical (unpaired) electrons. The second-order valence-corrected chi connectivity index (χ2v) is 5.18. The highest BCUT2D eigenvalue weighted by atomic mass is 28.4. The molecule has 0 amide bonds. The van der Waals surface area contributed by atoms with E-state index in [1.807, 2.05) is 0 Å². The summed E-state index contributed by atoms with van der Waals surface area (Å²) in [5.41, 5.74) is 0. The van der Waals surface area contributed by atoms with E-state index in [1.165, 1.54) is 0 Å². The van der Waals surface area contributed by atoms with Crippen LogP contribution in [-0.4, -0.2) is 35.3 Å². The maximum Gasteiger partial charge on any atom is 0.292 e. The van der Waals surface area contributed by atoms with Gasteiger partial charge < -0.3 is 13.0 Å². The highest BCUT2D eigenvalue weighted by molar-refractivity contribution is 6.37. The molecule has 0 fully saturated rings. The Labute approximate surface area is 44.3 Å². The highest BCUT2D eigenvalue weighted by Crippen LogP contribution is 1.58. The van der Waals surface area contributed by atoms with Crippen LogP contribution in [0.25, 0.3) is 0 Å². The zero-order chi connectivity index (χ0) is 4.83. The van der Waals surface area contributed by atoms with Crippen molar-refractivity contribution in [3.8, 4) is 0 Å². The summed E-state index contributed by atoms with van der Waals surface area (Å²) in [6.07, 6.45) is 0. The molecular weight excluding hydrogens is 132 g/mol. The van der Waals surface area contributed by atoms with Crippen molar-refractivity contribution in [2.45, 2.75) is 0 Å². The van der Waals surface area contributed by atoms with Crippen molar-refractivity contribution in [2.75, 3.05) is 0 Å². The molecule has 0 saturated carbocycles. The molecule has 0 aromatic carbocycles. The van der Waals surface area contributed by atoms with E-state index in [1.54, 1.807) is 0 Å². The van der Waals surface area contributed by atoms with Gasteiger partial charge in [0.2, 0.25) is 0 Å². The van der Waals surface area contributed by atoms with Crippen LogP contribution in [0.3, 0.4) is 0 Å². The van der Waals surface area contributed by atoms with Crippen LogP contribution >= 0.6 is 0 Å². The Morgan fingerprint density at radius 2 is 2.33 bits per heavy atom. The summed E-state index contributed by atoms with van der Waals surface area (Å²) in [4.78, 5) is 8.08. The third kappa shape index (κ3) is 4.53. The smallest absolute Gasteiger partial charge is 0.292 e. The van der Waals surface area contributed by atoms with Gasteiger partial charge in [0.15, 0.2) is 0 Å². The zero-order valence-corrected chi connectivity index (χ0v) is 8.51. The van der Waals surface area contributed by atoms with Gasteiger partial charge in [0.05, 0.1) is 0 Å². The van der Waals surface area contributed by atoms with Crippen molar-refractivity contribution in [1.82, 2.24) is 0 Å². The topological polar surface area (TPSA) is 38.7 Å². The first-order valence-corrected chi connectivity index (χ1v) is 4.77. The first-order chi connectivity index (χ1) is 2.91. The molecule has 38 valence electrons. The van der Waals surface area contributed by atoms with Gasteiger partial charge in [-0.25, -0.2) is 0 Å². The molecule has 1 N–H and O–H groups in total. The third-order valence-electron chi connectivity index (χ3n) is 0.292. The molecule has 0 aliphatic rings. The van der Waals surface area contributed by atoms with Crippen LogP contribution in [0.2, 0.25) is 0 Å². The standard InChI is InChI=1S/H8O3Si3/c1-5-3-6-2-4/h1H,5-6H2,4H3. The van der Waals surface area contributed by atoms with Gasteiger partial charge >= 0.3 is 0 Å². The maximum atomic E-state index is 8.08. The van der Waals surface area contributed by atoms with Crippen LogP contribution in [0.4, 0.5) is 0 Å². The molecule has 0 heterocycles. The van der Waals surface area contributed by atoms with Crippen molar-refractivity contribution in [3.63, 3.8) is 0 Å². The molecule has 0 saturated heterocycles. The molecule has 0 atom stereocenters. The summed E-state index contributed by atoms with van der Waals surface area (Å²) in [6.45, 7) is 0. The van der Waals surface area contributed by atoms with E-state index in [0.29, 0.717) is 0 Å². The summed E-state index contributed by atoms with van der Waals surface area (Å²) in [5.74, 6) is 0. The lowest BCUT2D eigenvalue weighted by molar-refractivity contribution is 0.424. The van der Waals surface area contributed by atoms with Crippen LogP contribution in [0.15, 0.2) is 0 Å². The summed E-state index contributed by atoms with van der Waals surface area (Å²) in [6, 6.07) is 0. The van der Waals surface area contributed by atoms with Crippen molar-refractivity contribution >= 4 is 30.5 Å². The minimum Gasteiger partial charge on any atom is -0.449 e. The van der Waals surface area contributed by atoms with Gasteiger partial charge in [-0.3, -0.25) is 0 Å². The summed E-state index contributed by atoms with van der Waals surface area (Å²) < 4.78 is 9.34. The lowest BCUT2D eigenvalue weighted by Gasteiger charge is -1.92. The molecule has 0 spiro atoms. The van der Waals surface area contributed by atoms with E-state index in [4.69, 9.17) is 8.91 Å². The van der Waals surface area contributed by atoms with Gasteiger partial charge in [0.1, 0.15) is 10.5 Å². The fourth-order valence-corrected chi connectivity index (χ4v) is 2.59. The summed E-state index contributed by atoms with van der Waals surface area (Å²) in [7, 11) is -1.09. The molecule has 6 heavy (non-hydrogen) atoms. The second kappa shape index (κ2) is 5.53. The van der Waals surface area contributed by atoms with Gasteiger partial charge in [-0.15, -0.1) is 0 Å². The molecule has 0 aliphatic carbocycles. The molecule has 0 aromatic rings. The molecule has 0 rings (SSSR count). The lowest BCUT2D eigenvalue weighted by atomic mass is 15.7. The van der Waals surface area contributed by atoms with Crippen LogP contribution in [0, 0.1) is 0 Å². The van der Waals surface area contributed by atoms with E-state index < -0.39 is 20.0 Å². The quantitative estimate of drug-likeness (QED) is 0.324. The number of hydrogen-bond donors (Lipinski definition) is 1. The van der Waals surface area contributed by atoms with Gasteiger partial charge in [-0.1, -0.05) is 0 Å². The van der Waals surface area contributed by atoms with E-state index in [-0.39, 0.29) is 0 Å². The van der Waals surface area contributed by atoms with Gasteiger partial charge in [0, 0.05) is 0 Å². The maximum absolute atomic E-state index is 8.08. The fraction of sp³-hybridized carbons (Fsp3) is 0. The highest BCUT2D eigenvalue weighted by Gasteiger charge is 1.76. The molecule has 6 heteroatoms. The van der Waals surface area contributed by atoms with Crippen molar-refractivity contribution in [1.29, 1.82) is 0 Å². The predicted molar refractivity (Wildman–Crippen MR) is 31.4 cm³/mol. The van der Waals surface area contributed by atoms with Crippen LogP contribution in [0.1, 0.15) is 0 Å².